The average Bonchev–Trinajstić information content (AvgIpc) is 3.10. The van der Waals surface area contributed by atoms with Crippen LogP contribution in [0.5, 0.6) is 0 Å². The Labute approximate surface area is 191 Å². The summed E-state index contributed by atoms with van der Waals surface area (Å²) in [7, 11) is 0. The molecule has 0 unspecified atom stereocenters. The zero-order chi connectivity index (χ0) is 22.7. The van der Waals surface area contributed by atoms with E-state index in [9.17, 15) is 4.79 Å². The molecule has 5 heteroatoms. The Balaban J connectivity index is 1.35. The van der Waals surface area contributed by atoms with Gasteiger partial charge in [0, 0.05) is 30.0 Å². The van der Waals surface area contributed by atoms with Crippen LogP contribution in [0.1, 0.15) is 65.6 Å². The average molecular weight is 431 g/mol. The number of carbonyl (C=O) groups is 1. The van der Waals surface area contributed by atoms with Gasteiger partial charge in [-0.25, -0.2) is 0 Å². The topological polar surface area (TPSA) is 50.2 Å². The number of nitrogens with one attached hydrogen (secondary N) is 1. The molecule has 2 atom stereocenters. The van der Waals surface area contributed by atoms with E-state index in [1.165, 1.54) is 18.5 Å². The maximum atomic E-state index is 12.8. The van der Waals surface area contributed by atoms with Gasteiger partial charge in [-0.1, -0.05) is 31.2 Å². The van der Waals surface area contributed by atoms with E-state index in [0.717, 1.165) is 41.5 Å². The fourth-order valence-corrected chi connectivity index (χ4v) is 4.53. The molecule has 168 valence electrons. The second-order valence-corrected chi connectivity index (χ2v) is 9.26. The fourth-order valence-electron chi connectivity index (χ4n) is 4.53. The number of anilines is 1. The number of carbonyl (C=O) groups excluding carboxylic acids is 1. The first-order valence-electron chi connectivity index (χ1n) is 11.6. The summed E-state index contributed by atoms with van der Waals surface area (Å²) in [6.07, 6.45) is 2.58. The number of nitrogens with zero attached hydrogens (tertiary/aromatic N) is 3. The minimum absolute atomic E-state index is 0.0498. The minimum Gasteiger partial charge on any atom is -0.371 e. The molecule has 2 heterocycles. The maximum absolute atomic E-state index is 12.8. The van der Waals surface area contributed by atoms with Crippen LogP contribution in [0.4, 0.5) is 5.69 Å². The summed E-state index contributed by atoms with van der Waals surface area (Å²) in [6, 6.07) is 18.5. The second kappa shape index (κ2) is 9.60. The number of rotatable bonds is 6. The van der Waals surface area contributed by atoms with Crippen molar-refractivity contribution >= 4 is 11.6 Å². The highest BCUT2D eigenvalue weighted by molar-refractivity contribution is 5.94. The van der Waals surface area contributed by atoms with Crippen LogP contribution < -0.4 is 10.2 Å². The number of aryl methyl sites for hydroxylation is 2. The summed E-state index contributed by atoms with van der Waals surface area (Å²) < 4.78 is 1.99. The number of hydrogen-bond donors (Lipinski definition) is 1. The van der Waals surface area contributed by atoms with Crippen LogP contribution in [-0.4, -0.2) is 28.8 Å². The van der Waals surface area contributed by atoms with E-state index < -0.39 is 0 Å². The Hall–Kier alpha value is -3.08. The number of benzene rings is 2. The van der Waals surface area contributed by atoms with Crippen molar-refractivity contribution in [1.82, 2.24) is 15.1 Å². The molecule has 0 spiro atoms. The van der Waals surface area contributed by atoms with Crippen molar-refractivity contribution in [3.05, 3.63) is 82.7 Å². The third-order valence-corrected chi connectivity index (χ3v) is 6.41. The number of aromatic nitrogens is 2. The van der Waals surface area contributed by atoms with Gasteiger partial charge in [0.25, 0.3) is 5.91 Å². The highest BCUT2D eigenvalue weighted by Crippen LogP contribution is 2.24. The Bertz CT molecular complexity index is 1050. The Morgan fingerprint density at radius 2 is 1.84 bits per heavy atom. The maximum Gasteiger partial charge on any atom is 0.251 e. The first kappa shape index (κ1) is 22.1. The van der Waals surface area contributed by atoms with Gasteiger partial charge in [-0.2, -0.15) is 5.10 Å². The molecule has 0 saturated carbocycles. The molecule has 1 saturated heterocycles. The van der Waals surface area contributed by atoms with E-state index in [0.29, 0.717) is 12.1 Å². The van der Waals surface area contributed by atoms with Gasteiger partial charge in [-0.05, 0) is 81.0 Å². The first-order valence-corrected chi connectivity index (χ1v) is 11.6. The number of piperidine rings is 1. The van der Waals surface area contributed by atoms with E-state index in [4.69, 9.17) is 0 Å². The zero-order valence-electron chi connectivity index (χ0n) is 19.6. The molecule has 2 aromatic carbocycles. The van der Waals surface area contributed by atoms with E-state index in [2.05, 4.69) is 59.5 Å². The molecular formula is C27H34N4O. The molecule has 1 amide bonds. The number of amides is 1. The summed E-state index contributed by atoms with van der Waals surface area (Å²) >= 11 is 0. The Kier molecular flexibility index (Phi) is 6.63. The highest BCUT2D eigenvalue weighted by atomic mass is 16.1. The van der Waals surface area contributed by atoms with Crippen molar-refractivity contribution in [2.24, 2.45) is 5.92 Å². The van der Waals surface area contributed by atoms with E-state index in [-0.39, 0.29) is 11.9 Å². The van der Waals surface area contributed by atoms with Crippen molar-refractivity contribution in [2.75, 3.05) is 18.0 Å². The van der Waals surface area contributed by atoms with Gasteiger partial charge in [0.2, 0.25) is 0 Å². The molecule has 1 aliphatic heterocycles. The first-order chi connectivity index (χ1) is 15.4. The van der Waals surface area contributed by atoms with Crippen molar-refractivity contribution in [3.8, 4) is 0 Å². The third kappa shape index (κ3) is 5.21. The van der Waals surface area contributed by atoms with E-state index in [1.54, 1.807) is 0 Å². The molecule has 1 aliphatic rings. The van der Waals surface area contributed by atoms with Crippen LogP contribution in [0.25, 0.3) is 0 Å². The monoisotopic (exact) mass is 430 g/mol. The largest absolute Gasteiger partial charge is 0.371 e. The summed E-state index contributed by atoms with van der Waals surface area (Å²) in [5.74, 6) is 0.699. The Morgan fingerprint density at radius 1 is 1.12 bits per heavy atom. The van der Waals surface area contributed by atoms with Crippen LogP contribution in [0.3, 0.4) is 0 Å². The molecule has 1 N–H and O–H groups in total. The molecule has 1 aromatic heterocycles. The number of hydrogen-bond acceptors (Lipinski definition) is 3. The Morgan fingerprint density at radius 3 is 2.47 bits per heavy atom. The van der Waals surface area contributed by atoms with Crippen LogP contribution in [0.15, 0.2) is 54.6 Å². The van der Waals surface area contributed by atoms with Gasteiger partial charge in [-0.15, -0.1) is 0 Å². The van der Waals surface area contributed by atoms with Gasteiger partial charge >= 0.3 is 0 Å². The molecule has 0 aliphatic carbocycles. The normalized spacial score (nSPS) is 17.2. The van der Waals surface area contributed by atoms with Crippen LogP contribution >= 0.6 is 0 Å². The summed E-state index contributed by atoms with van der Waals surface area (Å²) in [6.45, 7) is 11.4. The molecule has 0 bridgehead atoms. The second-order valence-electron chi connectivity index (χ2n) is 9.26. The molecule has 32 heavy (non-hydrogen) atoms. The van der Waals surface area contributed by atoms with Crippen molar-refractivity contribution in [2.45, 2.75) is 53.1 Å². The summed E-state index contributed by atoms with van der Waals surface area (Å²) in [5, 5.41) is 7.64. The van der Waals surface area contributed by atoms with Crippen LogP contribution in [-0.2, 0) is 6.54 Å². The van der Waals surface area contributed by atoms with E-state index >= 15 is 0 Å². The molecule has 1 fully saturated rings. The lowest BCUT2D eigenvalue weighted by molar-refractivity contribution is 0.0940. The van der Waals surface area contributed by atoms with Gasteiger partial charge in [0.15, 0.2) is 0 Å². The highest BCUT2D eigenvalue weighted by Gasteiger charge is 2.17. The van der Waals surface area contributed by atoms with Gasteiger partial charge in [0.1, 0.15) is 0 Å². The van der Waals surface area contributed by atoms with Crippen molar-refractivity contribution < 1.29 is 4.79 Å². The fraction of sp³-hybridized carbons (Fsp3) is 0.407. The predicted molar refractivity (Wildman–Crippen MR) is 130 cm³/mol. The van der Waals surface area contributed by atoms with Crippen LogP contribution in [0, 0.1) is 19.8 Å². The van der Waals surface area contributed by atoms with Crippen LogP contribution in [0.2, 0.25) is 0 Å². The lowest BCUT2D eigenvalue weighted by Crippen LogP contribution is -2.34. The van der Waals surface area contributed by atoms with Crippen molar-refractivity contribution in [3.63, 3.8) is 0 Å². The molecule has 0 radical (unpaired) electrons. The standard InChI is InChI=1S/C27H34N4O/c1-19-6-5-15-30(17-19)26-13-11-24(12-14-26)22(4)28-27(32)25-9-7-23(8-10-25)18-31-21(3)16-20(2)29-31/h7-14,16,19,22H,5-6,15,17-18H2,1-4H3,(H,28,32)/t19-,22+/m1/s1. The van der Waals surface area contributed by atoms with Gasteiger partial charge in [-0.3, -0.25) is 9.48 Å². The zero-order valence-corrected chi connectivity index (χ0v) is 19.6. The van der Waals surface area contributed by atoms with Gasteiger partial charge < -0.3 is 10.2 Å². The smallest absolute Gasteiger partial charge is 0.251 e. The predicted octanol–water partition coefficient (Wildman–Crippen LogP) is 5.28. The lowest BCUT2D eigenvalue weighted by atomic mass is 9.99. The SMILES string of the molecule is Cc1cc(C)n(Cc2ccc(C(=O)N[C@@H](C)c3ccc(N4CCC[C@@H](C)C4)cc3)cc2)n1. The minimum atomic E-state index is -0.0518. The molecule has 5 nitrogen and oxygen atoms in total. The quantitative estimate of drug-likeness (QED) is 0.579. The molecule has 3 aromatic rings. The molecule has 4 rings (SSSR count). The van der Waals surface area contributed by atoms with Crippen molar-refractivity contribution in [1.29, 1.82) is 0 Å². The van der Waals surface area contributed by atoms with Gasteiger partial charge in [0.05, 0.1) is 18.3 Å². The third-order valence-electron chi connectivity index (χ3n) is 6.41. The lowest BCUT2D eigenvalue weighted by Gasteiger charge is -2.33. The van der Waals surface area contributed by atoms with E-state index in [1.807, 2.05) is 42.8 Å². The molecular weight excluding hydrogens is 396 g/mol. The summed E-state index contributed by atoms with van der Waals surface area (Å²) in [4.78, 5) is 15.2. The summed E-state index contributed by atoms with van der Waals surface area (Å²) in [5.41, 5.74) is 6.35.